The summed E-state index contributed by atoms with van der Waals surface area (Å²) in [5, 5.41) is 17.5. The van der Waals surface area contributed by atoms with Crippen molar-refractivity contribution in [2.24, 2.45) is 5.10 Å². The normalized spacial score (nSPS) is 16.1. The van der Waals surface area contributed by atoms with E-state index in [9.17, 15) is 5.11 Å². The maximum Gasteiger partial charge on any atom is 0.250 e. The number of aliphatic hydroxyl groups is 1. The van der Waals surface area contributed by atoms with Gasteiger partial charge in [-0.1, -0.05) is 48.0 Å². The van der Waals surface area contributed by atoms with Gasteiger partial charge >= 0.3 is 0 Å². The lowest BCUT2D eigenvalue weighted by molar-refractivity contribution is 0.145. The molecule has 33 heavy (non-hydrogen) atoms. The maximum absolute atomic E-state index is 9.86. The Morgan fingerprint density at radius 3 is 2.58 bits per heavy atom. The van der Waals surface area contributed by atoms with E-state index in [1.807, 2.05) is 37.3 Å². The molecule has 0 spiro atoms. The van der Waals surface area contributed by atoms with Crippen LogP contribution in [0.25, 0.3) is 5.57 Å². The minimum absolute atomic E-state index is 0.266. The van der Waals surface area contributed by atoms with E-state index in [1.54, 1.807) is 6.21 Å². The van der Waals surface area contributed by atoms with Gasteiger partial charge in [-0.3, -0.25) is 0 Å². The number of aliphatic hydroxyl groups excluding tert-OH is 1. The van der Waals surface area contributed by atoms with E-state index >= 15 is 0 Å². The summed E-state index contributed by atoms with van der Waals surface area (Å²) in [7, 11) is 0. The molecule has 168 valence electrons. The maximum atomic E-state index is 9.86. The zero-order chi connectivity index (χ0) is 22.6. The van der Waals surface area contributed by atoms with Crippen LogP contribution in [0.1, 0.15) is 29.5 Å². The average molecular weight is 442 g/mol. The molecule has 5 rings (SSSR count). The van der Waals surface area contributed by atoms with Gasteiger partial charge in [0.1, 0.15) is 0 Å². The van der Waals surface area contributed by atoms with Crippen LogP contribution in [0, 0.1) is 6.92 Å². The van der Waals surface area contributed by atoms with Gasteiger partial charge in [-0.05, 0) is 55.0 Å². The molecule has 2 aliphatic rings. The third kappa shape index (κ3) is 5.01. The fourth-order valence-electron chi connectivity index (χ4n) is 4.04. The van der Waals surface area contributed by atoms with Gasteiger partial charge in [0.15, 0.2) is 0 Å². The number of rotatable bonds is 6. The SMILES string of the molecule is Cc1ccc(Nc2nc(N/N=C/C3=CCc4ccccc43)nc(N3CCC(O)CC3)n2)cc1. The fourth-order valence-corrected chi connectivity index (χ4v) is 4.04. The van der Waals surface area contributed by atoms with Gasteiger partial charge in [-0.2, -0.15) is 20.1 Å². The number of piperidine rings is 1. The first-order chi connectivity index (χ1) is 16.1. The van der Waals surface area contributed by atoms with Crippen LogP contribution in [-0.4, -0.2) is 45.5 Å². The summed E-state index contributed by atoms with van der Waals surface area (Å²) in [6.45, 7) is 3.44. The van der Waals surface area contributed by atoms with Crippen LogP contribution in [0.2, 0.25) is 0 Å². The molecule has 0 saturated carbocycles. The lowest BCUT2D eigenvalue weighted by atomic mass is 10.1. The first-order valence-electron chi connectivity index (χ1n) is 11.2. The number of nitrogens with one attached hydrogen (secondary N) is 2. The predicted molar refractivity (Wildman–Crippen MR) is 132 cm³/mol. The lowest BCUT2D eigenvalue weighted by Gasteiger charge is -2.29. The van der Waals surface area contributed by atoms with Crippen LogP contribution in [0.3, 0.4) is 0 Å². The van der Waals surface area contributed by atoms with Crippen molar-refractivity contribution in [1.82, 2.24) is 15.0 Å². The number of benzene rings is 2. The van der Waals surface area contributed by atoms with Crippen LogP contribution in [0.15, 0.2) is 59.7 Å². The average Bonchev–Trinajstić information content (AvgIpc) is 3.24. The molecule has 1 fully saturated rings. The molecule has 3 aromatic rings. The van der Waals surface area contributed by atoms with Crippen molar-refractivity contribution in [2.45, 2.75) is 32.3 Å². The topological polar surface area (TPSA) is 98.6 Å². The Labute approximate surface area is 193 Å². The summed E-state index contributed by atoms with van der Waals surface area (Å²) < 4.78 is 0. The van der Waals surface area contributed by atoms with E-state index in [-0.39, 0.29) is 6.10 Å². The molecule has 1 aromatic heterocycles. The summed E-state index contributed by atoms with van der Waals surface area (Å²) in [6.07, 6.45) is 6.01. The molecule has 1 aliphatic carbocycles. The second kappa shape index (κ2) is 9.38. The molecule has 2 heterocycles. The summed E-state index contributed by atoms with van der Waals surface area (Å²) in [5.74, 6) is 1.37. The van der Waals surface area contributed by atoms with Gasteiger partial charge < -0.3 is 15.3 Å². The molecule has 0 amide bonds. The van der Waals surface area contributed by atoms with Crippen molar-refractivity contribution in [2.75, 3.05) is 28.7 Å². The number of nitrogens with zero attached hydrogens (tertiary/aromatic N) is 5. The highest BCUT2D eigenvalue weighted by molar-refractivity contribution is 6.11. The molecule has 0 bridgehead atoms. The van der Waals surface area contributed by atoms with E-state index in [2.05, 4.69) is 60.0 Å². The van der Waals surface area contributed by atoms with Gasteiger partial charge in [0.25, 0.3) is 0 Å². The number of hydrogen-bond donors (Lipinski definition) is 3. The second-order valence-corrected chi connectivity index (χ2v) is 8.38. The Kier molecular flexibility index (Phi) is 5.99. The highest BCUT2D eigenvalue weighted by atomic mass is 16.3. The Balaban J connectivity index is 1.37. The quantitative estimate of drug-likeness (QED) is 0.394. The highest BCUT2D eigenvalue weighted by Gasteiger charge is 2.21. The molecule has 1 aliphatic heterocycles. The van der Waals surface area contributed by atoms with Crippen molar-refractivity contribution in [3.05, 3.63) is 71.3 Å². The van der Waals surface area contributed by atoms with Gasteiger partial charge in [-0.25, -0.2) is 5.43 Å². The van der Waals surface area contributed by atoms with Crippen LogP contribution in [0.5, 0.6) is 0 Å². The minimum Gasteiger partial charge on any atom is -0.393 e. The number of hydrazone groups is 1. The molecule has 8 heteroatoms. The van der Waals surface area contributed by atoms with Gasteiger partial charge in [-0.15, -0.1) is 0 Å². The summed E-state index contributed by atoms with van der Waals surface area (Å²) in [4.78, 5) is 15.8. The van der Waals surface area contributed by atoms with Gasteiger partial charge in [0.05, 0.1) is 12.3 Å². The number of hydrogen-bond acceptors (Lipinski definition) is 8. The Morgan fingerprint density at radius 2 is 1.76 bits per heavy atom. The first kappa shape index (κ1) is 21.1. The third-order valence-electron chi connectivity index (χ3n) is 5.92. The monoisotopic (exact) mass is 441 g/mol. The summed E-state index contributed by atoms with van der Waals surface area (Å²) in [5.41, 5.74) is 8.64. The van der Waals surface area contributed by atoms with Crippen molar-refractivity contribution in [3.63, 3.8) is 0 Å². The smallest absolute Gasteiger partial charge is 0.250 e. The highest BCUT2D eigenvalue weighted by Crippen LogP contribution is 2.26. The summed E-state index contributed by atoms with van der Waals surface area (Å²) >= 11 is 0. The van der Waals surface area contributed by atoms with E-state index in [0.717, 1.165) is 17.7 Å². The zero-order valence-electron chi connectivity index (χ0n) is 18.6. The standard InChI is InChI=1S/C25H27N7O/c1-17-6-10-20(11-7-17)27-23-28-24(30-25(29-23)32-14-12-21(33)13-15-32)31-26-16-19-9-8-18-4-2-3-5-22(18)19/h2-7,9-11,16,21,33H,8,12-15H2,1H3,(H2,27,28,29,30,31)/b26-16+. The number of aryl methyl sites for hydroxylation is 1. The molecule has 2 aromatic carbocycles. The first-order valence-corrected chi connectivity index (χ1v) is 11.2. The van der Waals surface area contributed by atoms with Crippen molar-refractivity contribution in [3.8, 4) is 0 Å². The van der Waals surface area contributed by atoms with Gasteiger partial charge in [0, 0.05) is 18.8 Å². The van der Waals surface area contributed by atoms with E-state index in [1.165, 1.54) is 16.7 Å². The van der Waals surface area contributed by atoms with Crippen LogP contribution in [-0.2, 0) is 6.42 Å². The third-order valence-corrected chi connectivity index (χ3v) is 5.92. The Hall–Kier alpha value is -3.78. The zero-order valence-corrected chi connectivity index (χ0v) is 18.6. The number of anilines is 4. The fraction of sp³-hybridized carbons (Fsp3) is 0.280. The largest absolute Gasteiger partial charge is 0.393 e. The minimum atomic E-state index is -0.266. The van der Waals surface area contributed by atoms with Crippen molar-refractivity contribution in [1.29, 1.82) is 0 Å². The molecule has 0 radical (unpaired) electrons. The molecular weight excluding hydrogens is 414 g/mol. The lowest BCUT2D eigenvalue weighted by Crippen LogP contribution is -2.37. The van der Waals surface area contributed by atoms with E-state index in [4.69, 9.17) is 0 Å². The van der Waals surface area contributed by atoms with Crippen LogP contribution >= 0.6 is 0 Å². The number of aromatic nitrogens is 3. The molecule has 1 saturated heterocycles. The molecule has 0 unspecified atom stereocenters. The molecular formula is C25H27N7O. The predicted octanol–water partition coefficient (Wildman–Crippen LogP) is 3.92. The van der Waals surface area contributed by atoms with Crippen LogP contribution in [0.4, 0.5) is 23.5 Å². The number of allylic oxidation sites excluding steroid dienone is 2. The summed E-state index contributed by atoms with van der Waals surface area (Å²) in [6, 6.07) is 16.4. The van der Waals surface area contributed by atoms with Crippen molar-refractivity contribution < 1.29 is 5.11 Å². The Bertz CT molecular complexity index is 1180. The molecule has 0 atom stereocenters. The molecule has 8 nitrogen and oxygen atoms in total. The van der Waals surface area contributed by atoms with E-state index < -0.39 is 0 Å². The van der Waals surface area contributed by atoms with E-state index in [0.29, 0.717) is 43.8 Å². The van der Waals surface area contributed by atoms with Crippen molar-refractivity contribution >= 4 is 35.3 Å². The van der Waals surface area contributed by atoms with Gasteiger partial charge in [0.2, 0.25) is 17.8 Å². The van der Waals surface area contributed by atoms with Crippen LogP contribution < -0.4 is 15.6 Å². The Morgan fingerprint density at radius 1 is 1.00 bits per heavy atom. The molecule has 3 N–H and O–H groups in total. The second-order valence-electron chi connectivity index (χ2n) is 8.38. The number of fused-ring (bicyclic) bond motifs is 1.